The molecule has 1 heterocycles. The molecule has 0 amide bonds. The van der Waals surface area contributed by atoms with Gasteiger partial charge in [0.15, 0.2) is 11.4 Å². The number of unbranched alkanes of at least 4 members (excludes halogenated alkanes) is 2. The fourth-order valence-corrected chi connectivity index (χ4v) is 2.41. The smallest absolute Gasteiger partial charge is 0.167 e. The van der Waals surface area contributed by atoms with Crippen molar-refractivity contribution in [1.29, 1.82) is 0 Å². The van der Waals surface area contributed by atoms with Crippen molar-refractivity contribution in [2.45, 2.75) is 63.6 Å². The predicted molar refractivity (Wildman–Crippen MR) is 50.6 cm³/mol. The van der Waals surface area contributed by atoms with E-state index in [1.165, 1.54) is 12.8 Å². The first-order valence-electron chi connectivity index (χ1n) is 5.51. The molecule has 2 unspecified atom stereocenters. The lowest BCUT2D eigenvalue weighted by molar-refractivity contribution is -0.124. The van der Waals surface area contributed by atoms with Crippen molar-refractivity contribution in [2.24, 2.45) is 0 Å². The summed E-state index contributed by atoms with van der Waals surface area (Å²) in [5.74, 6) is 0.375. The Morgan fingerprint density at radius 1 is 1.54 bits per heavy atom. The van der Waals surface area contributed by atoms with Crippen LogP contribution in [0.4, 0.5) is 0 Å². The van der Waals surface area contributed by atoms with E-state index >= 15 is 0 Å². The summed E-state index contributed by atoms with van der Waals surface area (Å²) in [7, 11) is 0. The van der Waals surface area contributed by atoms with Gasteiger partial charge in [0.05, 0.1) is 6.10 Å². The molecule has 0 aromatic heterocycles. The van der Waals surface area contributed by atoms with Crippen LogP contribution in [0.5, 0.6) is 0 Å². The van der Waals surface area contributed by atoms with Crippen molar-refractivity contribution in [3.05, 3.63) is 0 Å². The fourth-order valence-electron chi connectivity index (χ4n) is 2.41. The van der Waals surface area contributed by atoms with E-state index < -0.39 is 0 Å². The van der Waals surface area contributed by atoms with Gasteiger partial charge in [-0.05, 0) is 19.3 Å². The summed E-state index contributed by atoms with van der Waals surface area (Å²) in [4.78, 5) is 11.6. The van der Waals surface area contributed by atoms with Crippen molar-refractivity contribution in [2.75, 3.05) is 0 Å². The molecule has 0 bridgehead atoms. The van der Waals surface area contributed by atoms with Gasteiger partial charge in [0, 0.05) is 6.42 Å². The predicted octanol–water partition coefficient (Wildman–Crippen LogP) is 2.46. The molecule has 0 aromatic rings. The topological polar surface area (TPSA) is 29.6 Å². The summed E-state index contributed by atoms with van der Waals surface area (Å²) in [5, 5.41) is 0. The molecule has 0 N–H and O–H groups in total. The maximum atomic E-state index is 11.6. The number of ether oxygens (including phenoxy) is 1. The molecular formula is C11H18O2. The highest BCUT2D eigenvalue weighted by Crippen LogP contribution is 2.48. The number of hydrogen-bond donors (Lipinski definition) is 0. The normalized spacial score (nSPS) is 37.3. The molecule has 2 fully saturated rings. The highest BCUT2D eigenvalue weighted by atomic mass is 16.6. The van der Waals surface area contributed by atoms with Gasteiger partial charge in [0.2, 0.25) is 0 Å². The molecular weight excluding hydrogens is 164 g/mol. The van der Waals surface area contributed by atoms with Gasteiger partial charge in [0.25, 0.3) is 0 Å². The highest BCUT2D eigenvalue weighted by Gasteiger charge is 2.61. The van der Waals surface area contributed by atoms with Gasteiger partial charge in [-0.15, -0.1) is 0 Å². The minimum Gasteiger partial charge on any atom is -0.358 e. The van der Waals surface area contributed by atoms with Crippen LogP contribution in [0.2, 0.25) is 0 Å². The third-order valence-electron chi connectivity index (χ3n) is 3.31. The summed E-state index contributed by atoms with van der Waals surface area (Å²) >= 11 is 0. The van der Waals surface area contributed by atoms with E-state index in [-0.39, 0.29) is 5.60 Å². The molecule has 0 aromatic carbocycles. The van der Waals surface area contributed by atoms with Crippen LogP contribution in [0.1, 0.15) is 51.9 Å². The Morgan fingerprint density at radius 3 is 3.08 bits per heavy atom. The van der Waals surface area contributed by atoms with Crippen LogP contribution in [-0.2, 0) is 9.53 Å². The van der Waals surface area contributed by atoms with Gasteiger partial charge < -0.3 is 4.74 Å². The van der Waals surface area contributed by atoms with Crippen LogP contribution in [0.15, 0.2) is 0 Å². The first-order valence-corrected chi connectivity index (χ1v) is 5.51. The SMILES string of the molecule is CCCCCC12OC1CCCC2=O. The van der Waals surface area contributed by atoms with Gasteiger partial charge in [-0.1, -0.05) is 26.2 Å². The third-order valence-corrected chi connectivity index (χ3v) is 3.31. The van der Waals surface area contributed by atoms with E-state index in [4.69, 9.17) is 4.74 Å². The molecule has 74 valence electrons. The van der Waals surface area contributed by atoms with Crippen molar-refractivity contribution in [1.82, 2.24) is 0 Å². The zero-order valence-electron chi connectivity index (χ0n) is 8.34. The Bertz CT molecular complexity index is 212. The third kappa shape index (κ3) is 1.52. The maximum Gasteiger partial charge on any atom is 0.167 e. The number of hydrogen-bond acceptors (Lipinski definition) is 2. The van der Waals surface area contributed by atoms with Crippen LogP contribution in [-0.4, -0.2) is 17.5 Å². The van der Waals surface area contributed by atoms with Gasteiger partial charge in [-0.3, -0.25) is 4.79 Å². The lowest BCUT2D eigenvalue weighted by Gasteiger charge is -2.15. The Kier molecular flexibility index (Phi) is 2.41. The molecule has 2 aliphatic rings. The van der Waals surface area contributed by atoms with Gasteiger partial charge in [0.1, 0.15) is 0 Å². The van der Waals surface area contributed by atoms with Crippen LogP contribution in [0.3, 0.4) is 0 Å². The van der Waals surface area contributed by atoms with E-state index in [2.05, 4.69) is 6.92 Å². The average Bonchev–Trinajstić information content (AvgIpc) is 2.82. The first kappa shape index (κ1) is 9.20. The van der Waals surface area contributed by atoms with Crippen molar-refractivity contribution in [3.63, 3.8) is 0 Å². The molecule has 13 heavy (non-hydrogen) atoms. The molecule has 1 aliphatic heterocycles. The lowest BCUT2D eigenvalue weighted by Crippen LogP contribution is -2.30. The molecule has 0 radical (unpaired) electrons. The molecule has 2 atom stereocenters. The van der Waals surface area contributed by atoms with Crippen molar-refractivity contribution in [3.8, 4) is 0 Å². The summed E-state index contributed by atoms with van der Waals surface area (Å²) < 4.78 is 5.57. The second kappa shape index (κ2) is 3.41. The van der Waals surface area contributed by atoms with E-state index in [9.17, 15) is 4.79 Å². The number of carbonyl (C=O) groups is 1. The first-order chi connectivity index (χ1) is 6.29. The highest BCUT2D eigenvalue weighted by molar-refractivity contribution is 5.91. The van der Waals surface area contributed by atoms with Crippen LogP contribution >= 0.6 is 0 Å². The van der Waals surface area contributed by atoms with Crippen LogP contribution in [0.25, 0.3) is 0 Å². The number of Topliss-reactive ketones (excluding diaryl/α,β-unsaturated/α-hetero) is 1. The van der Waals surface area contributed by atoms with E-state index in [1.54, 1.807) is 0 Å². The number of fused-ring (bicyclic) bond motifs is 1. The summed E-state index contributed by atoms with van der Waals surface area (Å²) in [6.07, 6.45) is 7.77. The molecule has 1 saturated carbocycles. The molecule has 2 rings (SSSR count). The molecule has 1 saturated heterocycles. The van der Waals surface area contributed by atoms with Crippen LogP contribution < -0.4 is 0 Å². The zero-order chi connectivity index (χ0) is 9.31. The quantitative estimate of drug-likeness (QED) is 0.493. The summed E-state index contributed by atoms with van der Waals surface area (Å²) in [5.41, 5.74) is -0.284. The van der Waals surface area contributed by atoms with Gasteiger partial charge in [-0.25, -0.2) is 0 Å². The summed E-state index contributed by atoms with van der Waals surface area (Å²) in [6.45, 7) is 2.19. The minimum absolute atomic E-state index is 0.284. The van der Waals surface area contributed by atoms with Gasteiger partial charge >= 0.3 is 0 Å². The maximum absolute atomic E-state index is 11.6. The van der Waals surface area contributed by atoms with Crippen molar-refractivity contribution < 1.29 is 9.53 Å². The molecule has 2 nitrogen and oxygen atoms in total. The fraction of sp³-hybridized carbons (Fsp3) is 0.909. The molecule has 2 heteroatoms. The van der Waals surface area contributed by atoms with E-state index in [1.807, 2.05) is 0 Å². The van der Waals surface area contributed by atoms with E-state index in [0.29, 0.717) is 11.9 Å². The second-order valence-corrected chi connectivity index (χ2v) is 4.27. The lowest BCUT2D eigenvalue weighted by atomic mass is 9.84. The standard InChI is InChI=1S/C11H18O2/c1-2-3-4-8-11-9(12)6-5-7-10(11)13-11/h10H,2-8H2,1H3. The van der Waals surface area contributed by atoms with Crippen molar-refractivity contribution >= 4 is 5.78 Å². The monoisotopic (exact) mass is 182 g/mol. The average molecular weight is 182 g/mol. The second-order valence-electron chi connectivity index (χ2n) is 4.27. The molecule has 1 aliphatic carbocycles. The Labute approximate surface area is 79.7 Å². The molecule has 0 spiro atoms. The largest absolute Gasteiger partial charge is 0.358 e. The van der Waals surface area contributed by atoms with Crippen LogP contribution in [0, 0.1) is 0 Å². The number of rotatable bonds is 4. The number of carbonyl (C=O) groups excluding carboxylic acids is 1. The number of epoxide rings is 1. The Morgan fingerprint density at radius 2 is 2.38 bits per heavy atom. The summed E-state index contributed by atoms with van der Waals surface area (Å²) in [6, 6.07) is 0. The Hall–Kier alpha value is -0.370. The minimum atomic E-state index is -0.284. The van der Waals surface area contributed by atoms with Gasteiger partial charge in [-0.2, -0.15) is 0 Å². The zero-order valence-corrected chi connectivity index (χ0v) is 8.34. The number of ketones is 1. The Balaban J connectivity index is 1.86. The van der Waals surface area contributed by atoms with E-state index in [0.717, 1.165) is 32.1 Å².